The van der Waals surface area contributed by atoms with Crippen LogP contribution in [0.1, 0.15) is 18.4 Å². The minimum Gasteiger partial charge on any atom is -0.382 e. The quantitative estimate of drug-likeness (QED) is 0.915. The smallest absolute Gasteiger partial charge is 0.155 e. The van der Waals surface area contributed by atoms with Gasteiger partial charge in [-0.3, -0.25) is 0 Å². The summed E-state index contributed by atoms with van der Waals surface area (Å²) < 4.78 is 42.1. The lowest BCUT2D eigenvalue weighted by molar-refractivity contribution is 0.0777. The molecule has 0 unspecified atom stereocenters. The van der Waals surface area contributed by atoms with E-state index in [0.717, 1.165) is 0 Å². The molecule has 0 aromatic heterocycles. The fourth-order valence-electron chi connectivity index (χ4n) is 2.46. The minimum absolute atomic E-state index is 0.104. The summed E-state index contributed by atoms with van der Waals surface area (Å²) in [5.74, 6) is -0.622. The second-order valence-corrected chi connectivity index (χ2v) is 7.61. The van der Waals surface area contributed by atoms with Gasteiger partial charge in [0.2, 0.25) is 0 Å². The Morgan fingerprint density at radius 3 is 2.67 bits per heavy atom. The molecular formula is C14H17FN2O3S. The van der Waals surface area contributed by atoms with Crippen LogP contribution in [0.15, 0.2) is 18.2 Å². The first-order valence-electron chi connectivity index (χ1n) is 6.59. The largest absolute Gasteiger partial charge is 0.382 e. The van der Waals surface area contributed by atoms with E-state index >= 15 is 0 Å². The molecule has 21 heavy (non-hydrogen) atoms. The number of halogens is 1. The van der Waals surface area contributed by atoms with Crippen LogP contribution >= 0.6 is 0 Å². The summed E-state index contributed by atoms with van der Waals surface area (Å²) in [7, 11) is -3.31. The first-order valence-corrected chi connectivity index (χ1v) is 8.49. The standard InChI is InChI=1S/C14H17FN2O3S/c1-21(18,19)14(5-7-20-8-6-14)10-17-13-4-2-3-12(15)11(13)9-16/h2-4,17H,5-8,10H2,1H3. The Kier molecular flexibility index (Phi) is 4.49. The van der Waals surface area contributed by atoms with Crippen molar-refractivity contribution < 1.29 is 17.5 Å². The third-order valence-electron chi connectivity index (χ3n) is 3.92. The summed E-state index contributed by atoms with van der Waals surface area (Å²) >= 11 is 0. The highest BCUT2D eigenvalue weighted by Crippen LogP contribution is 2.30. The number of anilines is 1. The fraction of sp³-hybridized carbons (Fsp3) is 0.500. The minimum atomic E-state index is -3.31. The summed E-state index contributed by atoms with van der Waals surface area (Å²) in [6.45, 7) is 0.888. The van der Waals surface area contributed by atoms with Crippen LogP contribution in [-0.2, 0) is 14.6 Å². The molecule has 1 N–H and O–H groups in total. The van der Waals surface area contributed by atoms with Crippen molar-refractivity contribution in [2.75, 3.05) is 31.3 Å². The molecule has 0 bridgehead atoms. The van der Waals surface area contributed by atoms with Crippen molar-refractivity contribution in [3.05, 3.63) is 29.6 Å². The molecule has 0 spiro atoms. The Bertz CT molecular complexity index is 661. The maximum absolute atomic E-state index is 13.5. The Hall–Kier alpha value is -1.65. The van der Waals surface area contributed by atoms with Crippen molar-refractivity contribution in [3.8, 4) is 6.07 Å². The topological polar surface area (TPSA) is 79.2 Å². The van der Waals surface area contributed by atoms with Crippen LogP contribution < -0.4 is 5.32 Å². The van der Waals surface area contributed by atoms with Crippen LogP contribution in [0.3, 0.4) is 0 Å². The normalized spacial score (nSPS) is 18.0. The van der Waals surface area contributed by atoms with Crippen LogP contribution in [0.5, 0.6) is 0 Å². The van der Waals surface area contributed by atoms with E-state index in [1.54, 1.807) is 12.1 Å². The Morgan fingerprint density at radius 2 is 2.10 bits per heavy atom. The van der Waals surface area contributed by atoms with Crippen molar-refractivity contribution in [1.82, 2.24) is 0 Å². The lowest BCUT2D eigenvalue weighted by atomic mass is 9.98. The van der Waals surface area contributed by atoms with E-state index in [2.05, 4.69) is 5.32 Å². The van der Waals surface area contributed by atoms with Crippen LogP contribution in [0.25, 0.3) is 0 Å². The Labute approximate surface area is 123 Å². The summed E-state index contributed by atoms with van der Waals surface area (Å²) in [5.41, 5.74) is 0.209. The van der Waals surface area contributed by atoms with Gasteiger partial charge >= 0.3 is 0 Å². The molecule has 1 aromatic carbocycles. The molecule has 5 nitrogen and oxygen atoms in total. The maximum Gasteiger partial charge on any atom is 0.155 e. The SMILES string of the molecule is CS(=O)(=O)C1(CNc2cccc(F)c2C#N)CCOCC1. The van der Waals surface area contributed by atoms with Crippen molar-refractivity contribution in [3.63, 3.8) is 0 Å². The van der Waals surface area contributed by atoms with E-state index in [4.69, 9.17) is 10.00 Å². The van der Waals surface area contributed by atoms with Gasteiger partial charge in [0.05, 0.1) is 10.4 Å². The van der Waals surface area contributed by atoms with Crippen LogP contribution in [0, 0.1) is 17.1 Å². The Morgan fingerprint density at radius 1 is 1.43 bits per heavy atom. The molecule has 0 radical (unpaired) electrons. The van der Waals surface area contributed by atoms with Gasteiger partial charge in [0.15, 0.2) is 9.84 Å². The molecular weight excluding hydrogens is 295 g/mol. The highest BCUT2D eigenvalue weighted by molar-refractivity contribution is 7.92. The average molecular weight is 312 g/mol. The molecule has 0 aliphatic carbocycles. The number of rotatable bonds is 4. The van der Waals surface area contributed by atoms with Gasteiger partial charge in [0, 0.05) is 26.0 Å². The first kappa shape index (κ1) is 15.7. The molecule has 1 aliphatic heterocycles. The number of ether oxygens (including phenoxy) is 1. The molecule has 2 rings (SSSR count). The molecule has 1 heterocycles. The van der Waals surface area contributed by atoms with E-state index in [1.165, 1.54) is 18.4 Å². The zero-order chi connectivity index (χ0) is 15.5. The van der Waals surface area contributed by atoms with E-state index < -0.39 is 20.4 Å². The van der Waals surface area contributed by atoms with Gasteiger partial charge in [0.25, 0.3) is 0 Å². The molecule has 1 aromatic rings. The van der Waals surface area contributed by atoms with E-state index in [-0.39, 0.29) is 12.1 Å². The second kappa shape index (κ2) is 6.00. The van der Waals surface area contributed by atoms with Gasteiger partial charge in [-0.15, -0.1) is 0 Å². The van der Waals surface area contributed by atoms with Gasteiger partial charge in [-0.25, -0.2) is 12.8 Å². The van der Waals surface area contributed by atoms with Crippen molar-refractivity contribution in [2.24, 2.45) is 0 Å². The molecule has 0 atom stereocenters. The van der Waals surface area contributed by atoms with Crippen LogP contribution in [-0.4, -0.2) is 39.2 Å². The lowest BCUT2D eigenvalue weighted by Crippen LogP contribution is -2.48. The van der Waals surface area contributed by atoms with E-state index in [0.29, 0.717) is 31.7 Å². The van der Waals surface area contributed by atoms with Crippen molar-refractivity contribution >= 4 is 15.5 Å². The number of nitriles is 1. The number of sulfone groups is 1. The van der Waals surface area contributed by atoms with E-state index in [1.807, 2.05) is 0 Å². The summed E-state index contributed by atoms with van der Waals surface area (Å²) in [4.78, 5) is 0. The number of nitrogens with one attached hydrogen (secondary N) is 1. The lowest BCUT2D eigenvalue weighted by Gasteiger charge is -2.35. The predicted octanol–water partition coefficient (Wildman–Crippen LogP) is 1.70. The highest BCUT2D eigenvalue weighted by atomic mass is 32.2. The van der Waals surface area contributed by atoms with Gasteiger partial charge in [-0.05, 0) is 25.0 Å². The number of benzene rings is 1. The Balaban J connectivity index is 2.25. The average Bonchev–Trinajstić information content (AvgIpc) is 2.45. The van der Waals surface area contributed by atoms with Crippen molar-refractivity contribution in [2.45, 2.75) is 17.6 Å². The summed E-state index contributed by atoms with van der Waals surface area (Å²) in [6.07, 6.45) is 1.98. The van der Waals surface area contributed by atoms with E-state index in [9.17, 15) is 12.8 Å². The second-order valence-electron chi connectivity index (χ2n) is 5.20. The zero-order valence-corrected chi connectivity index (χ0v) is 12.5. The van der Waals surface area contributed by atoms with Crippen molar-refractivity contribution in [1.29, 1.82) is 5.26 Å². The molecule has 0 saturated carbocycles. The molecule has 114 valence electrons. The summed E-state index contributed by atoms with van der Waals surface area (Å²) in [6, 6.07) is 6.04. The molecule has 1 aliphatic rings. The molecule has 0 amide bonds. The van der Waals surface area contributed by atoms with Gasteiger partial charge < -0.3 is 10.1 Å². The van der Waals surface area contributed by atoms with Gasteiger partial charge in [-0.2, -0.15) is 5.26 Å². The third-order valence-corrected chi connectivity index (χ3v) is 6.04. The number of hydrogen-bond donors (Lipinski definition) is 1. The molecule has 1 saturated heterocycles. The monoisotopic (exact) mass is 312 g/mol. The van der Waals surface area contributed by atoms with Gasteiger partial charge in [0.1, 0.15) is 17.4 Å². The fourth-order valence-corrected chi connectivity index (χ4v) is 3.71. The predicted molar refractivity (Wildman–Crippen MR) is 77.2 cm³/mol. The van der Waals surface area contributed by atoms with Crippen LogP contribution in [0.4, 0.5) is 10.1 Å². The molecule has 7 heteroatoms. The number of hydrogen-bond acceptors (Lipinski definition) is 5. The number of nitrogens with zero attached hydrogens (tertiary/aromatic N) is 1. The zero-order valence-electron chi connectivity index (χ0n) is 11.7. The summed E-state index contributed by atoms with van der Waals surface area (Å²) in [5, 5.41) is 11.9. The first-order chi connectivity index (χ1) is 9.89. The maximum atomic E-state index is 13.5. The molecule has 1 fully saturated rings. The third kappa shape index (κ3) is 3.17. The van der Waals surface area contributed by atoms with Gasteiger partial charge in [-0.1, -0.05) is 6.07 Å². The van der Waals surface area contributed by atoms with Crippen LogP contribution in [0.2, 0.25) is 0 Å². The highest BCUT2D eigenvalue weighted by Gasteiger charge is 2.42.